The van der Waals surface area contributed by atoms with Gasteiger partial charge in [-0.25, -0.2) is 44.9 Å². The molecule has 0 radical (unpaired) electrons. The van der Waals surface area contributed by atoms with Gasteiger partial charge >= 0.3 is 0 Å². The lowest BCUT2D eigenvalue weighted by Crippen LogP contribution is -1.95. The zero-order chi connectivity index (χ0) is 85.5. The lowest BCUT2D eigenvalue weighted by Gasteiger charge is -2.01. The number of aromatic nitrogens is 14. The molecule has 104 heavy (non-hydrogen) atoms. The van der Waals surface area contributed by atoms with Gasteiger partial charge in [-0.3, -0.25) is 24.9 Å². The van der Waals surface area contributed by atoms with Crippen molar-refractivity contribution in [2.24, 2.45) is 0 Å². The molecule has 0 atom stereocenters. The Kier molecular flexibility index (Phi) is 173. The third-order valence-corrected chi connectivity index (χ3v) is 9.75. The molecule has 0 N–H and O–H groups in total. The van der Waals surface area contributed by atoms with Gasteiger partial charge in [-0.05, 0) is 94.7 Å². The van der Waals surface area contributed by atoms with E-state index in [0.717, 1.165) is 28.7 Å². The molecule has 0 saturated carbocycles. The molecule has 0 aromatic carbocycles. The van der Waals surface area contributed by atoms with Gasteiger partial charge in [0.1, 0.15) is 37.0 Å². The Labute approximate surface area is 651 Å². The van der Waals surface area contributed by atoms with Gasteiger partial charge in [0.2, 0.25) is 0 Å². The smallest absolute Gasteiger partial charge is 0.134 e. The monoisotopic (exact) mass is 1460 g/mol. The van der Waals surface area contributed by atoms with Crippen LogP contribution in [0.25, 0.3) is 0 Å². The summed E-state index contributed by atoms with van der Waals surface area (Å²) in [4.78, 5) is 55.6. The van der Waals surface area contributed by atoms with Crippen LogP contribution in [-0.4, -0.2) is 69.8 Å². The van der Waals surface area contributed by atoms with Crippen LogP contribution in [0.5, 0.6) is 0 Å². The van der Waals surface area contributed by atoms with Crippen LogP contribution in [0, 0.1) is 0 Å². The lowest BCUT2D eigenvalue weighted by molar-refractivity contribution is 0.759. The molecule has 0 spiro atoms. The van der Waals surface area contributed by atoms with Crippen LogP contribution in [0.15, 0.2) is 160 Å². The van der Waals surface area contributed by atoms with Crippen molar-refractivity contribution in [3.63, 3.8) is 0 Å². The highest BCUT2D eigenvalue weighted by Crippen LogP contribution is 2.13. The minimum Gasteiger partial charge on any atom is -0.265 e. The third kappa shape index (κ3) is 106. The molecule has 8 rings (SSSR count). The van der Waals surface area contributed by atoms with Crippen LogP contribution in [0.2, 0.25) is 0 Å². The molecule has 14 nitrogen and oxygen atoms in total. The summed E-state index contributed by atoms with van der Waals surface area (Å²) in [7, 11) is 0. The van der Waals surface area contributed by atoms with Gasteiger partial charge in [-0.2, -0.15) is 0 Å². The van der Waals surface area contributed by atoms with E-state index in [9.17, 15) is 0 Å². The molecule has 0 fully saturated rings. The van der Waals surface area contributed by atoms with Gasteiger partial charge in [0, 0.05) is 104 Å². The van der Waals surface area contributed by atoms with Crippen LogP contribution in [-0.2, 0) is 0 Å². The van der Waals surface area contributed by atoms with E-state index in [2.05, 4.69) is 187 Å². The minimum atomic E-state index is 0.396. The Hall–Kier alpha value is -7.22. The molecule has 0 aliphatic heterocycles. The van der Waals surface area contributed by atoms with Gasteiger partial charge in [-0.15, -0.1) is 0 Å². The summed E-state index contributed by atoms with van der Waals surface area (Å²) in [6.07, 6.45) is 29.5. The molecule has 8 heterocycles. The van der Waals surface area contributed by atoms with Crippen molar-refractivity contribution >= 4 is 0 Å². The second kappa shape index (κ2) is 132. The van der Waals surface area contributed by atoms with E-state index in [1.54, 1.807) is 56.0 Å². The van der Waals surface area contributed by atoms with Crippen LogP contribution in [0.4, 0.5) is 0 Å². The van der Waals surface area contributed by atoms with Crippen molar-refractivity contribution in [3.05, 3.63) is 206 Å². The lowest BCUT2D eigenvalue weighted by atomic mass is 10.1. The third-order valence-electron chi connectivity index (χ3n) is 9.75. The quantitative estimate of drug-likeness (QED) is 0.140. The molecule has 0 unspecified atom stereocenters. The number of nitrogens with zero attached hydrogens (tertiary/aromatic N) is 14. The number of hydrogen-bond donors (Lipinski definition) is 0. The fraction of sp³-hybridized carbons (Fsp3) is 0.622. The van der Waals surface area contributed by atoms with Crippen LogP contribution < -0.4 is 0 Å². The maximum atomic E-state index is 4.18. The van der Waals surface area contributed by atoms with Crippen molar-refractivity contribution in [1.29, 1.82) is 0 Å². The van der Waals surface area contributed by atoms with Crippen LogP contribution in [0.1, 0.15) is 425 Å². The van der Waals surface area contributed by atoms with Gasteiger partial charge in [0.15, 0.2) is 0 Å². The van der Waals surface area contributed by atoms with Crippen molar-refractivity contribution < 1.29 is 0 Å². The number of rotatable bonds is 8. The van der Waals surface area contributed by atoms with Crippen LogP contribution in [0.3, 0.4) is 0 Å². The molecule has 8 aromatic rings. The van der Waals surface area contributed by atoms with Crippen molar-refractivity contribution in [3.8, 4) is 0 Å². The first-order valence-corrected chi connectivity index (χ1v) is 40.8. The molecule has 0 aliphatic carbocycles. The second-order valence-corrected chi connectivity index (χ2v) is 18.6. The maximum absolute atomic E-state index is 4.18. The minimum absolute atomic E-state index is 0.396. The average Bonchev–Trinajstić information content (AvgIpc) is 1.34. The molecule has 0 bridgehead atoms. The summed E-state index contributed by atoms with van der Waals surface area (Å²) in [5.74, 6) is 5.89. The standard InChI is InChI=1S/3C8H11N.4C7H10N2.C6H9N3.16C2H6/c1-7(2)8-3-5-9-6-4-8;1-7(2)8-4-3-5-9-6-8;1-7(2)8-5-3-4-6-9-8;1-6(2)7-3-8-5-9-4-7;1-6(2)7-5-8-3-4-9-7;1-6(2)7-3-4-8-5-9-7;1-6(2)7-8-4-3-5-9-7;1-5(2)6-8-3-7-4-9-6;16*1-2/h3*3-7H,1-2H3;4*3-6H,1-2H3;3-5H,1-2H3;16*1-2H3. The van der Waals surface area contributed by atoms with Crippen molar-refractivity contribution in [2.75, 3.05) is 0 Å². The molecule has 0 aliphatic rings. The first-order valence-electron chi connectivity index (χ1n) is 40.8. The highest BCUT2D eigenvalue weighted by Gasteiger charge is 2.01. The molecule has 8 aromatic heterocycles. The summed E-state index contributed by atoms with van der Waals surface area (Å²) in [6.45, 7) is 97.9. The fourth-order valence-corrected chi connectivity index (χ4v) is 5.20. The number of hydrogen-bond acceptors (Lipinski definition) is 14. The average molecular weight is 1460 g/mol. The van der Waals surface area contributed by atoms with E-state index >= 15 is 0 Å². The van der Waals surface area contributed by atoms with Crippen molar-refractivity contribution in [1.82, 2.24) is 69.8 Å². The van der Waals surface area contributed by atoms with Gasteiger partial charge in [0.25, 0.3) is 0 Å². The van der Waals surface area contributed by atoms with E-state index in [0.29, 0.717) is 47.3 Å². The van der Waals surface area contributed by atoms with Crippen LogP contribution >= 0.6 is 0 Å². The Morgan fingerprint density at radius 1 is 0.173 bits per heavy atom. The Morgan fingerprint density at radius 3 is 0.740 bits per heavy atom. The topological polar surface area (TPSA) is 180 Å². The first kappa shape index (κ1) is 136. The van der Waals surface area contributed by atoms with E-state index in [1.807, 2.05) is 307 Å². The number of pyridine rings is 3. The molecular formula is C90H178N14. The molecule has 14 heteroatoms. The predicted octanol–water partition coefficient (Wildman–Crippen LogP) is 30.4. The Balaban J connectivity index is -0.0000000575. The fourth-order valence-electron chi connectivity index (χ4n) is 5.20. The van der Waals surface area contributed by atoms with E-state index in [4.69, 9.17) is 0 Å². The predicted molar refractivity (Wildman–Crippen MR) is 475 cm³/mol. The first-order chi connectivity index (χ1) is 50.4. The maximum Gasteiger partial charge on any atom is 0.134 e. The zero-order valence-electron chi connectivity index (χ0n) is 77.9. The molecule has 608 valence electrons. The van der Waals surface area contributed by atoms with E-state index < -0.39 is 0 Å². The van der Waals surface area contributed by atoms with Gasteiger partial charge < -0.3 is 0 Å². The van der Waals surface area contributed by atoms with Crippen molar-refractivity contribution in [2.45, 2.75) is 380 Å². The normalized spacial score (nSPS) is 7.92. The van der Waals surface area contributed by atoms with E-state index in [-0.39, 0.29) is 0 Å². The molecule has 0 saturated heterocycles. The summed E-state index contributed by atoms with van der Waals surface area (Å²) in [5, 5.41) is 0. The highest BCUT2D eigenvalue weighted by molar-refractivity contribution is 5.14. The largest absolute Gasteiger partial charge is 0.265 e. The van der Waals surface area contributed by atoms with E-state index in [1.165, 1.54) is 29.3 Å². The summed E-state index contributed by atoms with van der Waals surface area (Å²) >= 11 is 0. The molecular weight excluding hydrogens is 1280 g/mol. The summed E-state index contributed by atoms with van der Waals surface area (Å²) in [5.41, 5.74) is 7.17. The highest BCUT2D eigenvalue weighted by atomic mass is 15.0. The Bertz CT molecular complexity index is 1880. The zero-order valence-corrected chi connectivity index (χ0v) is 77.9. The summed E-state index contributed by atoms with van der Waals surface area (Å²) in [6, 6.07) is 17.9. The van der Waals surface area contributed by atoms with Gasteiger partial charge in [-0.1, -0.05) is 344 Å². The summed E-state index contributed by atoms with van der Waals surface area (Å²) < 4.78 is 0. The molecule has 0 amide bonds. The van der Waals surface area contributed by atoms with Gasteiger partial charge in [0.05, 0.1) is 5.69 Å². The SMILES string of the molecule is CC.CC.CC.CC.CC.CC.CC.CC.CC.CC.CC.CC.CC.CC.CC.CC.CC(C)c1ccccn1.CC(C)c1cccnc1.CC(C)c1ccncc1.CC(C)c1ccncn1.CC(C)c1cnccn1.CC(C)c1cncnc1.CC(C)c1ncccn1.CC(C)c1ncncn1. The Morgan fingerprint density at radius 2 is 0.510 bits per heavy atom. The second-order valence-electron chi connectivity index (χ2n) is 18.6.